The maximum Gasteiger partial charge on any atom is 0.118 e. The second-order valence-corrected chi connectivity index (χ2v) is 7.09. The zero-order valence-electron chi connectivity index (χ0n) is 14.8. The molecule has 1 heterocycles. The molecule has 2 unspecified atom stereocenters. The van der Waals surface area contributed by atoms with Crippen LogP contribution in [-0.2, 0) is 0 Å². The molecule has 2 heteroatoms. The summed E-state index contributed by atoms with van der Waals surface area (Å²) in [6, 6.07) is 16.0. The molecular formula is C22H25NO. The summed E-state index contributed by atoms with van der Waals surface area (Å²) in [5.74, 6) is 1.64. The fourth-order valence-corrected chi connectivity index (χ4v) is 4.41. The molecule has 0 radical (unpaired) electrons. The van der Waals surface area contributed by atoms with E-state index >= 15 is 0 Å². The molecule has 0 saturated heterocycles. The van der Waals surface area contributed by atoms with Crippen molar-refractivity contribution in [3.05, 3.63) is 59.2 Å². The Morgan fingerprint density at radius 2 is 1.92 bits per heavy atom. The first-order chi connectivity index (χ1) is 11.7. The number of rotatable bonds is 3. The second-order valence-electron chi connectivity index (χ2n) is 7.09. The van der Waals surface area contributed by atoms with Gasteiger partial charge < -0.3 is 9.64 Å². The van der Waals surface area contributed by atoms with Crippen LogP contribution in [0.15, 0.2) is 42.5 Å². The largest absolute Gasteiger partial charge is 0.497 e. The highest BCUT2D eigenvalue weighted by molar-refractivity contribution is 5.81. The molecule has 0 aromatic heterocycles. The third-order valence-corrected chi connectivity index (χ3v) is 5.74. The van der Waals surface area contributed by atoms with Crippen molar-refractivity contribution in [2.75, 3.05) is 19.1 Å². The number of benzene rings is 2. The molecule has 2 nitrogen and oxygen atoms in total. The van der Waals surface area contributed by atoms with Crippen LogP contribution in [0.5, 0.6) is 5.75 Å². The molecule has 0 amide bonds. The lowest BCUT2D eigenvalue weighted by Crippen LogP contribution is -2.26. The van der Waals surface area contributed by atoms with E-state index in [-0.39, 0.29) is 0 Å². The summed E-state index contributed by atoms with van der Waals surface area (Å²) >= 11 is 0. The van der Waals surface area contributed by atoms with E-state index in [1.165, 1.54) is 41.6 Å². The zero-order chi connectivity index (χ0) is 16.7. The molecule has 1 fully saturated rings. The first kappa shape index (κ1) is 15.3. The number of fused-ring (bicyclic) bond motifs is 3. The molecule has 124 valence electrons. The van der Waals surface area contributed by atoms with E-state index in [2.05, 4.69) is 55.3 Å². The van der Waals surface area contributed by atoms with Gasteiger partial charge in [-0.05, 0) is 66.3 Å². The molecular weight excluding hydrogens is 294 g/mol. The topological polar surface area (TPSA) is 12.5 Å². The lowest BCUT2D eigenvalue weighted by atomic mass is 9.95. The van der Waals surface area contributed by atoms with E-state index in [9.17, 15) is 0 Å². The summed E-state index contributed by atoms with van der Waals surface area (Å²) in [6.07, 6.45) is 6.34. The number of ether oxygens (including phenoxy) is 1. The minimum absolute atomic E-state index is 0.724. The van der Waals surface area contributed by atoms with Crippen LogP contribution in [0.1, 0.15) is 48.8 Å². The van der Waals surface area contributed by atoms with Gasteiger partial charge in [0, 0.05) is 24.7 Å². The van der Waals surface area contributed by atoms with Gasteiger partial charge >= 0.3 is 0 Å². The molecule has 1 saturated carbocycles. The Balaban J connectivity index is 1.64. The summed E-state index contributed by atoms with van der Waals surface area (Å²) in [6.45, 7) is 2.18. The summed E-state index contributed by atoms with van der Waals surface area (Å²) in [5, 5.41) is 0. The SMILES string of the molecule is COc1ccc(/C(C)=C\c2ccc3c(c2)C2CCCC2N3C)cc1. The predicted molar refractivity (Wildman–Crippen MR) is 102 cm³/mol. The molecule has 2 aromatic rings. The first-order valence-electron chi connectivity index (χ1n) is 8.87. The quantitative estimate of drug-likeness (QED) is 0.708. The molecule has 2 aliphatic rings. The van der Waals surface area contributed by atoms with Crippen LogP contribution in [0.3, 0.4) is 0 Å². The van der Waals surface area contributed by atoms with Crippen molar-refractivity contribution in [2.45, 2.75) is 38.1 Å². The second kappa shape index (κ2) is 6.01. The summed E-state index contributed by atoms with van der Waals surface area (Å²) in [5.41, 5.74) is 6.82. The molecule has 0 spiro atoms. The molecule has 2 aromatic carbocycles. The van der Waals surface area contributed by atoms with Crippen molar-refractivity contribution in [3.63, 3.8) is 0 Å². The molecule has 2 atom stereocenters. The third kappa shape index (κ3) is 2.50. The van der Waals surface area contributed by atoms with E-state index in [4.69, 9.17) is 4.74 Å². The van der Waals surface area contributed by atoms with E-state index in [0.29, 0.717) is 0 Å². The summed E-state index contributed by atoms with van der Waals surface area (Å²) in [4.78, 5) is 2.50. The van der Waals surface area contributed by atoms with Gasteiger partial charge in [-0.15, -0.1) is 0 Å². The average molecular weight is 319 g/mol. The number of methoxy groups -OCH3 is 1. The fourth-order valence-electron chi connectivity index (χ4n) is 4.41. The van der Waals surface area contributed by atoms with E-state index < -0.39 is 0 Å². The normalized spacial score (nSPS) is 22.5. The highest BCUT2D eigenvalue weighted by Gasteiger charge is 2.39. The molecule has 1 aliphatic carbocycles. The highest BCUT2D eigenvalue weighted by Crippen LogP contribution is 2.48. The van der Waals surface area contributed by atoms with Crippen LogP contribution in [-0.4, -0.2) is 20.2 Å². The van der Waals surface area contributed by atoms with E-state index in [0.717, 1.165) is 17.7 Å². The van der Waals surface area contributed by atoms with Crippen molar-refractivity contribution in [2.24, 2.45) is 0 Å². The minimum atomic E-state index is 0.724. The zero-order valence-corrected chi connectivity index (χ0v) is 14.8. The van der Waals surface area contributed by atoms with Gasteiger partial charge in [0.2, 0.25) is 0 Å². The van der Waals surface area contributed by atoms with Crippen molar-refractivity contribution in [3.8, 4) is 5.75 Å². The van der Waals surface area contributed by atoms with Gasteiger partial charge in [-0.3, -0.25) is 0 Å². The molecule has 0 bridgehead atoms. The number of anilines is 1. The molecule has 4 rings (SSSR count). The van der Waals surface area contributed by atoms with Crippen LogP contribution >= 0.6 is 0 Å². The van der Waals surface area contributed by atoms with Crippen molar-refractivity contribution >= 4 is 17.3 Å². The molecule has 1 aliphatic heterocycles. The van der Waals surface area contributed by atoms with Crippen LogP contribution in [0.25, 0.3) is 11.6 Å². The molecule has 0 N–H and O–H groups in total. The highest BCUT2D eigenvalue weighted by atomic mass is 16.5. The number of nitrogens with zero attached hydrogens (tertiary/aromatic N) is 1. The Kier molecular flexibility index (Phi) is 3.84. The number of hydrogen-bond acceptors (Lipinski definition) is 2. The Morgan fingerprint density at radius 1 is 1.12 bits per heavy atom. The first-order valence-corrected chi connectivity index (χ1v) is 8.87. The maximum atomic E-state index is 5.24. The lowest BCUT2D eigenvalue weighted by molar-refractivity contribution is 0.415. The van der Waals surface area contributed by atoms with Crippen LogP contribution in [0.2, 0.25) is 0 Å². The van der Waals surface area contributed by atoms with Gasteiger partial charge in [0.05, 0.1) is 7.11 Å². The van der Waals surface area contributed by atoms with E-state index in [1.807, 2.05) is 12.1 Å². The summed E-state index contributed by atoms with van der Waals surface area (Å²) < 4.78 is 5.24. The number of allylic oxidation sites excluding steroid dienone is 1. The van der Waals surface area contributed by atoms with Gasteiger partial charge in [0.15, 0.2) is 0 Å². The van der Waals surface area contributed by atoms with Crippen molar-refractivity contribution < 1.29 is 4.74 Å². The van der Waals surface area contributed by atoms with Crippen LogP contribution < -0.4 is 9.64 Å². The predicted octanol–water partition coefficient (Wildman–Crippen LogP) is 5.34. The smallest absolute Gasteiger partial charge is 0.118 e. The minimum Gasteiger partial charge on any atom is -0.497 e. The number of likely N-dealkylation sites (N-methyl/N-ethyl adjacent to an activating group) is 1. The van der Waals surface area contributed by atoms with Crippen molar-refractivity contribution in [1.82, 2.24) is 0 Å². The lowest BCUT2D eigenvalue weighted by Gasteiger charge is -2.21. The Hall–Kier alpha value is -2.22. The number of hydrogen-bond donors (Lipinski definition) is 0. The van der Waals surface area contributed by atoms with Gasteiger partial charge in [0.25, 0.3) is 0 Å². The maximum absolute atomic E-state index is 5.24. The van der Waals surface area contributed by atoms with Gasteiger partial charge in [-0.25, -0.2) is 0 Å². The van der Waals surface area contributed by atoms with Gasteiger partial charge in [0.1, 0.15) is 5.75 Å². The standard InChI is InChI=1S/C22H25NO/c1-15(17-8-10-18(24-3)11-9-17)13-16-7-12-22-20(14-16)19-5-4-6-21(19)23(22)2/h7-14,19,21H,4-6H2,1-3H3/b15-13-. The van der Waals surface area contributed by atoms with Gasteiger partial charge in [-0.2, -0.15) is 0 Å². The average Bonchev–Trinajstić information content (AvgIpc) is 3.19. The van der Waals surface area contributed by atoms with Crippen LogP contribution in [0.4, 0.5) is 5.69 Å². The summed E-state index contributed by atoms with van der Waals surface area (Å²) in [7, 11) is 3.96. The van der Waals surface area contributed by atoms with Gasteiger partial charge in [-0.1, -0.05) is 30.7 Å². The monoisotopic (exact) mass is 319 g/mol. The fraction of sp³-hybridized carbons (Fsp3) is 0.364. The third-order valence-electron chi connectivity index (χ3n) is 5.74. The Bertz CT molecular complexity index is 775. The Labute approximate surface area is 144 Å². The molecule has 24 heavy (non-hydrogen) atoms. The Morgan fingerprint density at radius 3 is 2.67 bits per heavy atom. The van der Waals surface area contributed by atoms with E-state index in [1.54, 1.807) is 12.7 Å². The van der Waals surface area contributed by atoms with Crippen LogP contribution in [0, 0.1) is 0 Å². The van der Waals surface area contributed by atoms with Crippen molar-refractivity contribution in [1.29, 1.82) is 0 Å².